The van der Waals surface area contributed by atoms with Crippen LogP contribution in [-0.4, -0.2) is 45.5 Å². The molecular weight excluding hydrogens is 284 g/mol. The summed E-state index contributed by atoms with van der Waals surface area (Å²) in [6, 6.07) is 3.91. The van der Waals surface area contributed by atoms with Gasteiger partial charge in [0.25, 0.3) is 0 Å². The number of carbonyl (C=O) groups is 1. The third kappa shape index (κ3) is 3.84. The predicted octanol–water partition coefficient (Wildman–Crippen LogP) is 0.769. The molecule has 0 bridgehead atoms. The number of sulfonamides is 1. The van der Waals surface area contributed by atoms with E-state index in [2.05, 4.69) is 0 Å². The molecule has 1 rings (SSSR count). The third-order valence-corrected chi connectivity index (χ3v) is 4.43. The first-order valence-electron chi connectivity index (χ1n) is 5.96. The zero-order valence-electron chi connectivity index (χ0n) is 11.4. The van der Waals surface area contributed by atoms with Crippen LogP contribution >= 0.6 is 0 Å². The van der Waals surface area contributed by atoms with Crippen molar-refractivity contribution >= 4 is 27.4 Å². The number of anilines is 2. The summed E-state index contributed by atoms with van der Waals surface area (Å²) in [6.07, 6.45) is 0. The number of hydrogen-bond donors (Lipinski definition) is 2. The number of nitrogen functional groups attached to an aromatic ring is 1. The molecule has 8 heteroatoms. The lowest BCUT2D eigenvalue weighted by Crippen LogP contribution is -2.31. The molecular formula is C12H18N2O5S. The van der Waals surface area contributed by atoms with Gasteiger partial charge in [-0.15, -0.1) is 0 Å². The van der Waals surface area contributed by atoms with Gasteiger partial charge in [-0.25, -0.2) is 13.2 Å². The van der Waals surface area contributed by atoms with E-state index in [4.69, 9.17) is 15.6 Å². The van der Waals surface area contributed by atoms with Gasteiger partial charge >= 0.3 is 5.97 Å². The summed E-state index contributed by atoms with van der Waals surface area (Å²) in [5, 5.41) is 8.84. The van der Waals surface area contributed by atoms with Crippen molar-refractivity contribution in [3.05, 3.63) is 23.8 Å². The molecule has 3 N–H and O–H groups in total. The normalized spacial score (nSPS) is 11.3. The molecule has 7 nitrogen and oxygen atoms in total. The van der Waals surface area contributed by atoms with Gasteiger partial charge in [0.15, 0.2) is 0 Å². The Balaban J connectivity index is 2.97. The number of nitrogens with two attached hydrogens (primary N) is 1. The second-order valence-corrected chi connectivity index (χ2v) is 6.18. The summed E-state index contributed by atoms with van der Waals surface area (Å²) in [5.74, 6) is -1.29. The number of carboxylic acid groups (broad SMARTS) is 1. The Hall–Kier alpha value is -1.80. The third-order valence-electron chi connectivity index (χ3n) is 2.72. The summed E-state index contributed by atoms with van der Waals surface area (Å²) >= 11 is 0. The topological polar surface area (TPSA) is 110 Å². The first kappa shape index (κ1) is 16.3. The summed E-state index contributed by atoms with van der Waals surface area (Å²) in [4.78, 5) is 10.8. The van der Waals surface area contributed by atoms with E-state index < -0.39 is 16.0 Å². The maximum Gasteiger partial charge on any atom is 0.335 e. The Kier molecular flexibility index (Phi) is 5.34. The Morgan fingerprint density at radius 1 is 1.45 bits per heavy atom. The van der Waals surface area contributed by atoms with Gasteiger partial charge in [0.05, 0.1) is 29.3 Å². The van der Waals surface area contributed by atoms with E-state index in [1.54, 1.807) is 6.92 Å². The molecule has 0 amide bonds. The minimum Gasteiger partial charge on any atom is -0.478 e. The van der Waals surface area contributed by atoms with Crippen molar-refractivity contribution in [2.75, 3.05) is 36.1 Å². The molecule has 0 aliphatic carbocycles. The molecule has 0 aromatic heterocycles. The van der Waals surface area contributed by atoms with E-state index in [1.807, 2.05) is 0 Å². The van der Waals surface area contributed by atoms with E-state index in [-0.39, 0.29) is 29.3 Å². The second kappa shape index (κ2) is 6.58. The maximum absolute atomic E-state index is 12.1. The summed E-state index contributed by atoms with van der Waals surface area (Å²) in [5.41, 5.74) is 6.05. The number of rotatable bonds is 7. The Bertz CT molecular complexity index is 586. The zero-order valence-corrected chi connectivity index (χ0v) is 12.2. The fourth-order valence-corrected chi connectivity index (χ4v) is 2.64. The molecule has 0 saturated heterocycles. The zero-order chi connectivity index (χ0) is 15.3. The van der Waals surface area contributed by atoms with Crippen molar-refractivity contribution in [2.24, 2.45) is 0 Å². The van der Waals surface area contributed by atoms with E-state index in [0.29, 0.717) is 6.61 Å². The maximum atomic E-state index is 12.1. The molecule has 0 unspecified atom stereocenters. The minimum absolute atomic E-state index is 0.00589. The van der Waals surface area contributed by atoms with Gasteiger partial charge in [-0.1, -0.05) is 0 Å². The highest BCUT2D eigenvalue weighted by Gasteiger charge is 2.20. The highest BCUT2D eigenvalue weighted by molar-refractivity contribution is 7.92. The van der Waals surface area contributed by atoms with Crippen LogP contribution in [0.4, 0.5) is 11.4 Å². The van der Waals surface area contributed by atoms with Gasteiger partial charge in [0.2, 0.25) is 10.0 Å². The summed E-state index contributed by atoms with van der Waals surface area (Å²) in [6.45, 7) is 2.31. The van der Waals surface area contributed by atoms with Gasteiger partial charge in [0, 0.05) is 13.7 Å². The molecule has 1 aromatic carbocycles. The highest BCUT2D eigenvalue weighted by Crippen LogP contribution is 2.25. The van der Waals surface area contributed by atoms with Crippen molar-refractivity contribution in [2.45, 2.75) is 6.92 Å². The van der Waals surface area contributed by atoms with E-state index >= 15 is 0 Å². The fourth-order valence-electron chi connectivity index (χ4n) is 1.57. The Morgan fingerprint density at radius 2 is 2.10 bits per heavy atom. The van der Waals surface area contributed by atoms with Crippen LogP contribution in [0.1, 0.15) is 17.3 Å². The summed E-state index contributed by atoms with van der Waals surface area (Å²) < 4.78 is 30.2. The highest BCUT2D eigenvalue weighted by atomic mass is 32.2. The minimum atomic E-state index is -3.56. The molecule has 112 valence electrons. The molecule has 20 heavy (non-hydrogen) atoms. The lowest BCUT2D eigenvalue weighted by molar-refractivity contribution is 0.0697. The average Bonchev–Trinajstić information content (AvgIpc) is 2.37. The SMILES string of the molecule is CCOCCS(=O)(=O)N(C)c1ccc(C(=O)O)cc1N. The molecule has 0 fully saturated rings. The van der Waals surface area contributed by atoms with E-state index in [0.717, 1.165) is 4.31 Å². The van der Waals surface area contributed by atoms with Gasteiger partial charge in [-0.3, -0.25) is 4.31 Å². The predicted molar refractivity (Wildman–Crippen MR) is 76.5 cm³/mol. The number of hydrogen-bond acceptors (Lipinski definition) is 5. The number of benzene rings is 1. The quantitative estimate of drug-likeness (QED) is 0.568. The lowest BCUT2D eigenvalue weighted by Gasteiger charge is -2.21. The van der Waals surface area contributed by atoms with Gasteiger partial charge < -0.3 is 15.6 Å². The van der Waals surface area contributed by atoms with Crippen molar-refractivity contribution in [1.82, 2.24) is 0 Å². The first-order valence-corrected chi connectivity index (χ1v) is 7.57. The van der Waals surface area contributed by atoms with E-state index in [9.17, 15) is 13.2 Å². The van der Waals surface area contributed by atoms with Crippen LogP contribution in [0.25, 0.3) is 0 Å². The Morgan fingerprint density at radius 3 is 2.60 bits per heavy atom. The largest absolute Gasteiger partial charge is 0.478 e. The molecule has 1 aromatic rings. The van der Waals surface area contributed by atoms with Crippen LogP contribution in [0.3, 0.4) is 0 Å². The number of nitrogens with zero attached hydrogens (tertiary/aromatic N) is 1. The molecule has 0 spiro atoms. The van der Waals surface area contributed by atoms with Crippen molar-refractivity contribution in [3.8, 4) is 0 Å². The van der Waals surface area contributed by atoms with Gasteiger partial charge in [0.1, 0.15) is 0 Å². The lowest BCUT2D eigenvalue weighted by atomic mass is 10.2. The molecule has 0 radical (unpaired) electrons. The number of ether oxygens (including phenoxy) is 1. The standard InChI is InChI=1S/C12H18N2O5S/c1-3-19-6-7-20(17,18)14(2)11-5-4-9(12(15)16)8-10(11)13/h4-5,8H,3,6-7,13H2,1-2H3,(H,15,16). The molecule has 0 aliphatic heterocycles. The number of aromatic carboxylic acids is 1. The fraction of sp³-hybridized carbons (Fsp3) is 0.417. The molecule has 0 atom stereocenters. The summed E-state index contributed by atoms with van der Waals surface area (Å²) in [7, 11) is -2.19. The van der Waals surface area contributed by atoms with Crippen molar-refractivity contribution in [3.63, 3.8) is 0 Å². The monoisotopic (exact) mass is 302 g/mol. The van der Waals surface area contributed by atoms with Crippen LogP contribution in [-0.2, 0) is 14.8 Å². The molecule has 0 aliphatic rings. The average molecular weight is 302 g/mol. The van der Waals surface area contributed by atoms with Crippen LogP contribution in [0.2, 0.25) is 0 Å². The number of carboxylic acids is 1. The van der Waals surface area contributed by atoms with Crippen molar-refractivity contribution < 1.29 is 23.1 Å². The van der Waals surface area contributed by atoms with Crippen LogP contribution in [0.15, 0.2) is 18.2 Å². The van der Waals surface area contributed by atoms with Gasteiger partial charge in [-0.2, -0.15) is 0 Å². The van der Waals surface area contributed by atoms with Crippen LogP contribution < -0.4 is 10.0 Å². The molecule has 0 heterocycles. The van der Waals surface area contributed by atoms with Crippen molar-refractivity contribution in [1.29, 1.82) is 0 Å². The van der Waals surface area contributed by atoms with Gasteiger partial charge in [-0.05, 0) is 25.1 Å². The Labute approximate surface area is 118 Å². The smallest absolute Gasteiger partial charge is 0.335 e. The van der Waals surface area contributed by atoms with Crippen LogP contribution in [0, 0.1) is 0 Å². The second-order valence-electron chi connectivity index (χ2n) is 4.06. The van der Waals surface area contributed by atoms with E-state index in [1.165, 1.54) is 25.2 Å². The first-order chi connectivity index (χ1) is 9.29. The molecule has 0 saturated carbocycles. The van der Waals surface area contributed by atoms with Crippen LogP contribution in [0.5, 0.6) is 0 Å².